The summed E-state index contributed by atoms with van der Waals surface area (Å²) in [5, 5.41) is 6.68. The van der Waals surface area contributed by atoms with Gasteiger partial charge in [-0.05, 0) is 43.7 Å². The Kier molecular flexibility index (Phi) is 9.90. The van der Waals surface area contributed by atoms with Crippen LogP contribution in [0.4, 0.5) is 11.6 Å². The lowest BCUT2D eigenvalue weighted by atomic mass is 10.2. The number of aromatic nitrogens is 3. The summed E-state index contributed by atoms with van der Waals surface area (Å²) < 4.78 is 5.15. The molecule has 1 aromatic carbocycles. The largest absolute Gasteiger partial charge is 0.384 e. The third-order valence-electron chi connectivity index (χ3n) is 4.21. The second-order valence-corrected chi connectivity index (χ2v) is 6.52. The molecule has 1 amide bonds. The van der Waals surface area contributed by atoms with E-state index in [-0.39, 0.29) is 0 Å². The summed E-state index contributed by atoms with van der Waals surface area (Å²) in [4.78, 5) is 25.8. The van der Waals surface area contributed by atoms with Gasteiger partial charge in [-0.15, -0.1) is 0 Å². The fourth-order valence-corrected chi connectivity index (χ4v) is 2.86. The van der Waals surface area contributed by atoms with Crippen LogP contribution in [0.25, 0.3) is 16.6 Å². The lowest BCUT2D eigenvalue weighted by Gasteiger charge is -2.07. The number of aliphatic imine (C=N–C) groups is 1. The Hall–Kier alpha value is -3.52. The van der Waals surface area contributed by atoms with Crippen LogP contribution >= 0.6 is 0 Å². The van der Waals surface area contributed by atoms with Gasteiger partial charge in [0.25, 0.3) is 0 Å². The topological polar surface area (TPSA) is 104 Å². The number of carbonyl (C=O) groups is 1. The number of amides is 1. The first-order valence-corrected chi connectivity index (χ1v) is 10.2. The second kappa shape index (κ2) is 12.9. The average Bonchev–Trinajstić information content (AvgIpc) is 3.20. The highest BCUT2D eigenvalue weighted by Gasteiger charge is 2.06. The molecule has 8 nitrogen and oxygen atoms in total. The Morgan fingerprint density at radius 2 is 2.10 bits per heavy atom. The van der Waals surface area contributed by atoms with Crippen LogP contribution < -0.4 is 10.6 Å². The maximum Gasteiger partial charge on any atom is 0.227 e. The minimum atomic E-state index is 0.551. The molecule has 0 radical (unpaired) electrons. The minimum Gasteiger partial charge on any atom is -0.384 e. The zero-order chi connectivity index (χ0) is 22.5. The van der Waals surface area contributed by atoms with Crippen LogP contribution in [0.5, 0.6) is 0 Å². The van der Waals surface area contributed by atoms with Crippen molar-refractivity contribution >= 4 is 40.9 Å². The molecule has 3 N–H and O–H groups in total. The highest BCUT2D eigenvalue weighted by molar-refractivity contribution is 5.84. The molecular formula is C23H30N6O2. The summed E-state index contributed by atoms with van der Waals surface area (Å²) in [6.45, 7) is 4.68. The lowest BCUT2D eigenvalue weighted by Crippen LogP contribution is -1.99. The molecule has 0 fully saturated rings. The van der Waals surface area contributed by atoms with Gasteiger partial charge in [0.2, 0.25) is 12.4 Å². The first kappa shape index (κ1) is 23.8. The van der Waals surface area contributed by atoms with E-state index in [0.717, 1.165) is 46.5 Å². The van der Waals surface area contributed by atoms with Gasteiger partial charge in [0.1, 0.15) is 0 Å². The molecule has 3 aromatic rings. The molecule has 3 rings (SSSR count). The second-order valence-electron chi connectivity index (χ2n) is 6.52. The summed E-state index contributed by atoms with van der Waals surface area (Å²) in [6.07, 6.45) is 7.97. The van der Waals surface area contributed by atoms with E-state index in [4.69, 9.17) is 9.53 Å². The quantitative estimate of drug-likeness (QED) is 0.356. The number of anilines is 2. The number of H-pyrrole nitrogens is 1. The number of carbonyl (C=O) groups excluding carboxylic acids is 1. The van der Waals surface area contributed by atoms with Crippen molar-refractivity contribution < 1.29 is 9.53 Å². The van der Waals surface area contributed by atoms with Gasteiger partial charge in [0, 0.05) is 55.3 Å². The standard InChI is InChI=1S/C21H25N5O.C2H5NO/c1-4-6-19(22-5-2)20-9-11-23-21(26-20)25-16-7-8-18-15(13-16)14-17(24-18)10-12-27-3;1-3-2-4/h5-9,11,13-14,24H,4,10,12H2,1-3H3,(H,23,25,26);2H,1H3,(H,3,4)/b19-6-,22-5?;. The molecule has 0 unspecified atom stereocenters. The molecule has 164 valence electrons. The molecule has 0 aliphatic rings. The fraction of sp³-hybridized carbons (Fsp3) is 0.304. The van der Waals surface area contributed by atoms with Crippen molar-refractivity contribution in [2.75, 3.05) is 26.1 Å². The number of ether oxygens (including phenoxy) is 1. The number of hydrogen-bond donors (Lipinski definition) is 3. The Morgan fingerprint density at radius 3 is 2.77 bits per heavy atom. The molecule has 0 aliphatic heterocycles. The molecule has 0 saturated heterocycles. The van der Waals surface area contributed by atoms with Crippen LogP contribution in [0.1, 0.15) is 31.7 Å². The number of hydrogen-bond acceptors (Lipinski definition) is 6. The van der Waals surface area contributed by atoms with E-state index in [1.165, 1.54) is 0 Å². The maximum atomic E-state index is 9.06. The van der Waals surface area contributed by atoms with Crippen molar-refractivity contribution in [2.24, 2.45) is 4.99 Å². The maximum absolute atomic E-state index is 9.06. The van der Waals surface area contributed by atoms with Crippen LogP contribution in [0.15, 0.2) is 47.6 Å². The number of nitrogens with one attached hydrogen (secondary N) is 3. The van der Waals surface area contributed by atoms with Crippen LogP contribution in [-0.2, 0) is 16.0 Å². The van der Waals surface area contributed by atoms with E-state index < -0.39 is 0 Å². The number of rotatable bonds is 9. The van der Waals surface area contributed by atoms with Crippen LogP contribution in [0, 0.1) is 0 Å². The van der Waals surface area contributed by atoms with E-state index in [1.54, 1.807) is 26.6 Å². The summed E-state index contributed by atoms with van der Waals surface area (Å²) in [7, 11) is 3.28. The normalized spacial score (nSPS) is 11.3. The van der Waals surface area contributed by atoms with E-state index >= 15 is 0 Å². The number of benzene rings is 1. The Balaban J connectivity index is 0.000000785. The monoisotopic (exact) mass is 422 g/mol. The van der Waals surface area contributed by atoms with Crippen molar-refractivity contribution in [2.45, 2.75) is 26.7 Å². The number of fused-ring (bicyclic) bond motifs is 1. The van der Waals surface area contributed by atoms with E-state index in [1.807, 2.05) is 19.1 Å². The Morgan fingerprint density at radius 1 is 1.29 bits per heavy atom. The molecule has 0 bridgehead atoms. The van der Waals surface area contributed by atoms with Crippen LogP contribution in [0.2, 0.25) is 0 Å². The fourth-order valence-electron chi connectivity index (χ4n) is 2.86. The van der Waals surface area contributed by atoms with Crippen molar-refractivity contribution in [3.63, 3.8) is 0 Å². The first-order chi connectivity index (χ1) is 15.1. The highest BCUT2D eigenvalue weighted by atomic mass is 16.5. The summed E-state index contributed by atoms with van der Waals surface area (Å²) in [6, 6.07) is 10.2. The average molecular weight is 423 g/mol. The lowest BCUT2D eigenvalue weighted by molar-refractivity contribution is -0.109. The summed E-state index contributed by atoms with van der Waals surface area (Å²) in [5.74, 6) is 0.551. The third-order valence-corrected chi connectivity index (χ3v) is 4.21. The van der Waals surface area contributed by atoms with E-state index in [9.17, 15) is 0 Å². The molecule has 2 heterocycles. The van der Waals surface area contributed by atoms with Gasteiger partial charge in [-0.1, -0.05) is 13.0 Å². The van der Waals surface area contributed by atoms with E-state index in [2.05, 4.69) is 61.8 Å². The SMILES string of the molecule is CC=N/C(=C\CC)c1ccnc(Nc2ccc3[nH]c(CCOC)cc3c2)n1.CNC=O. The predicted octanol–water partition coefficient (Wildman–Crippen LogP) is 4.09. The van der Waals surface area contributed by atoms with Gasteiger partial charge in [-0.2, -0.15) is 0 Å². The van der Waals surface area contributed by atoms with Crippen molar-refractivity contribution in [3.8, 4) is 0 Å². The molecule has 0 atom stereocenters. The molecular weight excluding hydrogens is 392 g/mol. The molecule has 0 saturated carbocycles. The number of allylic oxidation sites excluding steroid dienone is 1. The Labute approximate surface area is 182 Å². The minimum absolute atomic E-state index is 0.551. The van der Waals surface area contributed by atoms with Gasteiger partial charge in [-0.25, -0.2) is 9.97 Å². The summed E-state index contributed by atoms with van der Waals surface area (Å²) in [5.41, 5.74) is 4.86. The Bertz CT molecular complexity index is 1030. The van der Waals surface area contributed by atoms with Gasteiger partial charge in [-0.3, -0.25) is 9.79 Å². The zero-order valence-corrected chi connectivity index (χ0v) is 18.5. The number of methoxy groups -OCH3 is 1. The third kappa shape index (κ3) is 7.35. The molecule has 31 heavy (non-hydrogen) atoms. The van der Waals surface area contributed by atoms with Crippen molar-refractivity contribution in [3.05, 3.63) is 54.0 Å². The van der Waals surface area contributed by atoms with Gasteiger partial charge in [0.15, 0.2) is 0 Å². The molecule has 2 aromatic heterocycles. The molecule has 0 spiro atoms. The van der Waals surface area contributed by atoms with Crippen LogP contribution in [0.3, 0.4) is 0 Å². The van der Waals surface area contributed by atoms with Crippen LogP contribution in [-0.4, -0.2) is 48.3 Å². The van der Waals surface area contributed by atoms with Crippen molar-refractivity contribution in [1.82, 2.24) is 20.3 Å². The zero-order valence-electron chi connectivity index (χ0n) is 18.5. The van der Waals surface area contributed by atoms with Gasteiger partial charge >= 0.3 is 0 Å². The molecule has 8 heteroatoms. The first-order valence-electron chi connectivity index (χ1n) is 10.2. The molecule has 0 aliphatic carbocycles. The van der Waals surface area contributed by atoms with Gasteiger partial charge in [0.05, 0.1) is 18.0 Å². The summed E-state index contributed by atoms with van der Waals surface area (Å²) >= 11 is 0. The predicted molar refractivity (Wildman–Crippen MR) is 127 cm³/mol. The van der Waals surface area contributed by atoms with Gasteiger partial charge < -0.3 is 20.4 Å². The van der Waals surface area contributed by atoms with Crippen molar-refractivity contribution in [1.29, 1.82) is 0 Å². The van der Waals surface area contributed by atoms with E-state index in [0.29, 0.717) is 19.0 Å². The number of nitrogens with zero attached hydrogens (tertiary/aromatic N) is 3. The number of aromatic amines is 1. The highest BCUT2D eigenvalue weighted by Crippen LogP contribution is 2.23. The smallest absolute Gasteiger partial charge is 0.227 e.